The Kier molecular flexibility index (Phi) is 5.17. The molecule has 1 amide bonds. The van der Waals surface area contributed by atoms with Gasteiger partial charge in [0.15, 0.2) is 5.76 Å². The van der Waals surface area contributed by atoms with E-state index in [-0.39, 0.29) is 11.7 Å². The Bertz CT molecular complexity index is 986. The van der Waals surface area contributed by atoms with Gasteiger partial charge in [-0.15, -0.1) is 0 Å². The number of benzene rings is 1. The highest BCUT2D eigenvalue weighted by molar-refractivity contribution is 14.1. The Morgan fingerprint density at radius 2 is 2.15 bits per heavy atom. The molecule has 2 heterocycles. The predicted octanol–water partition coefficient (Wildman–Crippen LogP) is 5.48. The second kappa shape index (κ2) is 7.56. The standard InChI is InChI=1S/C19H17BrIN3O2/c20-14-7-13-8-17(26-18(13)16(21)9-14)19(25)23-22-10-12-5-6-24(11-12)15-3-1-2-4-15/h5-11,15H,1-4H2,(H,23,25)/b22-10-. The first kappa shape index (κ1) is 17.8. The van der Waals surface area contributed by atoms with Crippen molar-refractivity contribution in [2.24, 2.45) is 5.10 Å². The molecule has 1 saturated carbocycles. The monoisotopic (exact) mass is 525 g/mol. The zero-order valence-corrected chi connectivity index (χ0v) is 17.7. The van der Waals surface area contributed by atoms with Crippen LogP contribution in [0.1, 0.15) is 47.8 Å². The molecule has 134 valence electrons. The summed E-state index contributed by atoms with van der Waals surface area (Å²) in [5.41, 5.74) is 4.21. The maximum absolute atomic E-state index is 12.3. The number of carbonyl (C=O) groups excluding carboxylic acids is 1. The lowest BCUT2D eigenvalue weighted by molar-refractivity contribution is 0.0929. The molecule has 0 spiro atoms. The number of nitrogens with zero attached hydrogens (tertiary/aromatic N) is 2. The Morgan fingerprint density at radius 3 is 2.96 bits per heavy atom. The van der Waals surface area contributed by atoms with Crippen molar-refractivity contribution < 1.29 is 9.21 Å². The van der Waals surface area contributed by atoms with Gasteiger partial charge in [-0.3, -0.25) is 4.79 Å². The van der Waals surface area contributed by atoms with Crippen LogP contribution in [0.3, 0.4) is 0 Å². The van der Waals surface area contributed by atoms with Gasteiger partial charge in [0.2, 0.25) is 0 Å². The lowest BCUT2D eigenvalue weighted by atomic mass is 10.2. The van der Waals surface area contributed by atoms with Crippen molar-refractivity contribution in [1.29, 1.82) is 0 Å². The number of aromatic nitrogens is 1. The maximum Gasteiger partial charge on any atom is 0.307 e. The maximum atomic E-state index is 12.3. The number of hydrogen-bond donors (Lipinski definition) is 1. The minimum absolute atomic E-state index is 0.247. The van der Waals surface area contributed by atoms with E-state index < -0.39 is 0 Å². The summed E-state index contributed by atoms with van der Waals surface area (Å²) in [6.07, 6.45) is 10.9. The largest absolute Gasteiger partial charge is 0.450 e. The Morgan fingerprint density at radius 1 is 1.35 bits per heavy atom. The van der Waals surface area contributed by atoms with Crippen molar-refractivity contribution in [3.05, 3.63) is 56.0 Å². The summed E-state index contributed by atoms with van der Waals surface area (Å²) in [5, 5.41) is 4.94. The first-order valence-corrected chi connectivity index (χ1v) is 10.4. The van der Waals surface area contributed by atoms with Gasteiger partial charge >= 0.3 is 5.91 Å². The van der Waals surface area contributed by atoms with E-state index in [0.717, 1.165) is 19.0 Å². The number of fused-ring (bicyclic) bond motifs is 1. The molecule has 3 aromatic rings. The van der Waals surface area contributed by atoms with Crippen molar-refractivity contribution in [2.75, 3.05) is 0 Å². The Balaban J connectivity index is 1.43. The fourth-order valence-corrected chi connectivity index (χ4v) is 5.00. The molecular weight excluding hydrogens is 509 g/mol. The zero-order chi connectivity index (χ0) is 18.1. The summed E-state index contributed by atoms with van der Waals surface area (Å²) in [7, 11) is 0. The third-order valence-corrected chi connectivity index (χ3v) is 5.88. The summed E-state index contributed by atoms with van der Waals surface area (Å²) >= 11 is 5.64. The molecule has 1 fully saturated rings. The van der Waals surface area contributed by atoms with E-state index in [1.165, 1.54) is 25.7 Å². The molecule has 0 bridgehead atoms. The fourth-order valence-electron chi connectivity index (χ4n) is 3.34. The minimum Gasteiger partial charge on any atom is -0.450 e. The van der Waals surface area contributed by atoms with Crippen LogP contribution >= 0.6 is 38.5 Å². The van der Waals surface area contributed by atoms with E-state index in [9.17, 15) is 4.79 Å². The Labute approximate surface area is 173 Å². The number of halogens is 2. The van der Waals surface area contributed by atoms with Crippen LogP contribution in [0.2, 0.25) is 0 Å². The quantitative estimate of drug-likeness (QED) is 0.278. The van der Waals surface area contributed by atoms with Crippen LogP contribution < -0.4 is 5.43 Å². The second-order valence-corrected chi connectivity index (χ2v) is 8.52. The summed E-state index contributed by atoms with van der Waals surface area (Å²) in [5.74, 6) is -0.115. The second-order valence-electron chi connectivity index (χ2n) is 6.45. The lowest BCUT2D eigenvalue weighted by Gasteiger charge is -2.10. The highest BCUT2D eigenvalue weighted by Gasteiger charge is 2.16. The third kappa shape index (κ3) is 3.73. The number of nitrogens with one attached hydrogen (secondary N) is 1. The van der Waals surface area contributed by atoms with E-state index in [2.05, 4.69) is 66.0 Å². The highest BCUT2D eigenvalue weighted by atomic mass is 127. The van der Waals surface area contributed by atoms with Gasteiger partial charge < -0.3 is 8.98 Å². The van der Waals surface area contributed by atoms with E-state index in [1.54, 1.807) is 12.3 Å². The number of rotatable bonds is 4. The molecule has 26 heavy (non-hydrogen) atoms. The van der Waals surface area contributed by atoms with Crippen LogP contribution in [0.4, 0.5) is 0 Å². The topological polar surface area (TPSA) is 59.5 Å². The van der Waals surface area contributed by atoms with Crippen LogP contribution in [-0.4, -0.2) is 16.7 Å². The van der Waals surface area contributed by atoms with Gasteiger partial charge in [-0.05, 0) is 59.7 Å². The number of hydrogen-bond acceptors (Lipinski definition) is 3. The van der Waals surface area contributed by atoms with Gasteiger partial charge in [-0.25, -0.2) is 5.43 Å². The smallest absolute Gasteiger partial charge is 0.307 e. The van der Waals surface area contributed by atoms with Gasteiger partial charge in [0, 0.05) is 33.9 Å². The molecular formula is C19H17BrIN3O2. The summed E-state index contributed by atoms with van der Waals surface area (Å²) in [4.78, 5) is 12.3. The number of furan rings is 1. The molecule has 1 N–H and O–H groups in total. The van der Waals surface area contributed by atoms with Crippen LogP contribution in [-0.2, 0) is 0 Å². The van der Waals surface area contributed by atoms with Gasteiger partial charge in [-0.2, -0.15) is 5.10 Å². The predicted molar refractivity (Wildman–Crippen MR) is 114 cm³/mol. The Hall–Kier alpha value is -1.61. The molecule has 5 nitrogen and oxygen atoms in total. The molecule has 0 radical (unpaired) electrons. The van der Waals surface area contributed by atoms with Crippen molar-refractivity contribution in [3.8, 4) is 0 Å². The average molecular weight is 526 g/mol. The average Bonchev–Trinajstić information content (AvgIpc) is 3.34. The van der Waals surface area contributed by atoms with Crippen LogP contribution in [0.15, 0.2) is 50.7 Å². The minimum atomic E-state index is -0.361. The fraction of sp³-hybridized carbons (Fsp3) is 0.263. The summed E-state index contributed by atoms with van der Waals surface area (Å²) in [6, 6.07) is 8.20. The zero-order valence-electron chi connectivity index (χ0n) is 13.9. The van der Waals surface area contributed by atoms with Crippen molar-refractivity contribution in [3.63, 3.8) is 0 Å². The van der Waals surface area contributed by atoms with Crippen LogP contribution in [0, 0.1) is 3.57 Å². The number of carbonyl (C=O) groups is 1. The van der Waals surface area contributed by atoms with Gasteiger partial charge in [-0.1, -0.05) is 28.8 Å². The van der Waals surface area contributed by atoms with E-state index in [1.807, 2.05) is 18.2 Å². The van der Waals surface area contributed by atoms with E-state index >= 15 is 0 Å². The molecule has 2 aromatic heterocycles. The molecule has 4 rings (SSSR count). The third-order valence-electron chi connectivity index (χ3n) is 4.62. The molecule has 0 saturated heterocycles. The number of hydrazone groups is 1. The van der Waals surface area contributed by atoms with Crippen LogP contribution in [0.25, 0.3) is 11.0 Å². The molecule has 1 aliphatic carbocycles. The van der Waals surface area contributed by atoms with E-state index in [4.69, 9.17) is 4.42 Å². The van der Waals surface area contributed by atoms with Crippen molar-refractivity contribution in [1.82, 2.24) is 9.99 Å². The molecule has 0 aliphatic heterocycles. The molecule has 0 atom stereocenters. The molecule has 1 aliphatic rings. The SMILES string of the molecule is O=C(N/N=C\c1ccn(C2CCCC2)c1)c1cc2cc(Br)cc(I)c2o1. The normalized spacial score (nSPS) is 15.3. The highest BCUT2D eigenvalue weighted by Crippen LogP contribution is 2.30. The van der Waals surface area contributed by atoms with Crippen molar-refractivity contribution >= 4 is 61.6 Å². The van der Waals surface area contributed by atoms with Gasteiger partial charge in [0.1, 0.15) is 5.58 Å². The number of amides is 1. The first-order valence-electron chi connectivity index (χ1n) is 8.49. The van der Waals surface area contributed by atoms with Gasteiger partial charge in [0.25, 0.3) is 0 Å². The molecule has 7 heteroatoms. The van der Waals surface area contributed by atoms with E-state index in [0.29, 0.717) is 11.6 Å². The first-order chi connectivity index (χ1) is 12.6. The lowest BCUT2D eigenvalue weighted by Crippen LogP contribution is -2.16. The summed E-state index contributed by atoms with van der Waals surface area (Å²) in [6.45, 7) is 0. The molecule has 0 unspecified atom stereocenters. The van der Waals surface area contributed by atoms with Crippen molar-refractivity contribution in [2.45, 2.75) is 31.7 Å². The van der Waals surface area contributed by atoms with Gasteiger partial charge in [0.05, 0.1) is 9.78 Å². The van der Waals surface area contributed by atoms with Crippen LogP contribution in [0.5, 0.6) is 0 Å². The molecule has 1 aromatic carbocycles. The summed E-state index contributed by atoms with van der Waals surface area (Å²) < 4.78 is 9.81.